The normalized spacial score (nSPS) is 14.8. The molecule has 0 rings (SSSR count). The number of unbranched alkanes of at least 4 members (excludes halogenated alkanes) is 26. The lowest BCUT2D eigenvalue weighted by Gasteiger charge is -2.21. The standard InChI is InChI=1S/C101H164O16P2/c1-4-7-10-13-16-19-22-25-28-31-34-37-40-42-43-44-45-46-47-48-49-50-51-53-56-57-60-63-66-69-72-75-78-81-84-87-99(104)111-90-96(102)91-113-118(107,108)114-92-97(103)93-115-119(109,110)116-95-98(117-101(106)89-86-83-80-77-74-71-68-65-62-59-54-39-36-33-30-27-24-21-18-15-12-9-6-3)94-112-100(105)88-85-82-79-76-73-70-67-64-61-58-55-52-41-38-35-32-29-26-23-20-17-14-11-8-5-2/h7-12,16-21,25-30,34-39,42-43,45-46,52,55,59,61-62,64,68,71,96-98,102-103H,4-6,13-15,22-24,31-33,40-41,44,47-51,53-54,56-58,60,63,65-67,69-70,72-95H2,1-3H3,(H,107,108)(H,109,110)/b10-7-,11-8-,12-9-,19-16-,20-17-,21-18-,28-25-,29-26-,30-27-,37-34-,38-35-,39-36-,43-42-,46-45-,55-52-,62-59-,64-61-,71-68-. The molecule has 0 spiro atoms. The number of esters is 3. The molecule has 0 saturated heterocycles. The van der Waals surface area contributed by atoms with E-state index in [0.717, 1.165) is 199 Å². The fourth-order valence-electron chi connectivity index (χ4n) is 11.8. The summed E-state index contributed by atoms with van der Waals surface area (Å²) < 4.78 is 61.4. The first-order chi connectivity index (χ1) is 58.2. The first-order valence-electron chi connectivity index (χ1n) is 46.0. The zero-order valence-electron chi connectivity index (χ0n) is 74.2. The van der Waals surface area contributed by atoms with Crippen LogP contribution in [-0.2, 0) is 55.8 Å². The van der Waals surface area contributed by atoms with Gasteiger partial charge in [-0.05, 0) is 173 Å². The van der Waals surface area contributed by atoms with Crippen LogP contribution in [0, 0.1) is 0 Å². The van der Waals surface area contributed by atoms with Crippen LogP contribution in [-0.4, -0.2) is 95.9 Å². The van der Waals surface area contributed by atoms with Gasteiger partial charge in [0.2, 0.25) is 0 Å². The van der Waals surface area contributed by atoms with Crippen molar-refractivity contribution in [2.24, 2.45) is 0 Å². The number of phosphoric acid groups is 2. The van der Waals surface area contributed by atoms with Crippen LogP contribution in [0.1, 0.15) is 342 Å². The SMILES string of the molecule is CC/C=C\C/C=C\C/C=C\C/C=C\C/C=C\C/C=C\CCCCCCCCCCCCCCCCCCC(=O)OCC(O)COP(=O)(O)OCC(O)COP(=O)(O)OCC(COC(=O)CCCCCCCC/C=C\C/C=C\C/C=C\C/C=C\C/C=C\C/C=C\CC)OC(=O)CCCCCC/C=C\C/C=C\C/C=C\C/C=C\C/C=C\C/C=C\CC. The van der Waals surface area contributed by atoms with Crippen molar-refractivity contribution in [2.45, 2.75) is 360 Å². The maximum atomic E-state index is 13.1. The summed E-state index contributed by atoms with van der Waals surface area (Å²) in [5, 5.41) is 20.7. The average Bonchev–Trinajstić information content (AvgIpc) is 0.912. The first kappa shape index (κ1) is 113. The van der Waals surface area contributed by atoms with Gasteiger partial charge in [0.1, 0.15) is 25.4 Å². The van der Waals surface area contributed by atoms with E-state index in [1.54, 1.807) is 0 Å². The lowest BCUT2D eigenvalue weighted by Crippen LogP contribution is -2.30. The molecule has 16 nitrogen and oxygen atoms in total. The number of hydrogen-bond donors (Lipinski definition) is 4. The number of aliphatic hydroxyl groups is 2. The van der Waals surface area contributed by atoms with Gasteiger partial charge in [0, 0.05) is 19.3 Å². The Morgan fingerprint density at radius 1 is 0.235 bits per heavy atom. The zero-order chi connectivity index (χ0) is 86.5. The Hall–Kier alpha value is -6.13. The summed E-state index contributed by atoms with van der Waals surface area (Å²) in [4.78, 5) is 59.0. The van der Waals surface area contributed by atoms with E-state index in [0.29, 0.717) is 19.3 Å². The number of aliphatic hydroxyl groups excluding tert-OH is 2. The topological polar surface area (TPSA) is 231 Å². The molecule has 0 aliphatic carbocycles. The number of carbonyl (C=O) groups excluding carboxylic acids is 3. The molecular formula is C101H164O16P2. The molecular weight excluding hydrogens is 1530 g/mol. The van der Waals surface area contributed by atoms with E-state index in [1.807, 2.05) is 0 Å². The second-order valence-electron chi connectivity index (χ2n) is 30.0. The Morgan fingerprint density at radius 3 is 0.664 bits per heavy atom. The minimum atomic E-state index is -4.96. The summed E-state index contributed by atoms with van der Waals surface area (Å²) in [6.45, 7) is 2.30. The molecule has 0 aromatic rings. The molecule has 4 N–H and O–H groups in total. The highest BCUT2D eigenvalue weighted by Gasteiger charge is 2.29. The second-order valence-corrected chi connectivity index (χ2v) is 32.9. The molecule has 0 aromatic carbocycles. The van der Waals surface area contributed by atoms with E-state index >= 15 is 0 Å². The van der Waals surface area contributed by atoms with Gasteiger partial charge >= 0.3 is 33.6 Å². The lowest BCUT2D eigenvalue weighted by atomic mass is 10.0. The van der Waals surface area contributed by atoms with Crippen LogP contribution in [0.15, 0.2) is 219 Å². The Bertz CT molecular complexity index is 3040. The molecule has 119 heavy (non-hydrogen) atoms. The van der Waals surface area contributed by atoms with Crippen molar-refractivity contribution in [3.63, 3.8) is 0 Å². The van der Waals surface area contributed by atoms with Gasteiger partial charge in [-0.2, -0.15) is 0 Å². The number of carbonyl (C=O) groups is 3. The summed E-state index contributed by atoms with van der Waals surface area (Å²) in [5.74, 6) is -1.63. The van der Waals surface area contributed by atoms with Crippen LogP contribution in [0.2, 0.25) is 0 Å². The average molecular weight is 1700 g/mol. The van der Waals surface area contributed by atoms with Crippen molar-refractivity contribution >= 4 is 33.6 Å². The van der Waals surface area contributed by atoms with E-state index in [4.69, 9.17) is 32.3 Å². The van der Waals surface area contributed by atoms with Crippen molar-refractivity contribution in [3.8, 4) is 0 Å². The van der Waals surface area contributed by atoms with Gasteiger partial charge in [-0.15, -0.1) is 0 Å². The Kier molecular flexibility index (Phi) is 86.4. The fraction of sp³-hybridized carbons (Fsp3) is 0.614. The lowest BCUT2D eigenvalue weighted by molar-refractivity contribution is -0.161. The molecule has 0 aliphatic heterocycles. The van der Waals surface area contributed by atoms with Crippen LogP contribution in [0.5, 0.6) is 0 Å². The number of phosphoric ester groups is 2. The largest absolute Gasteiger partial charge is 0.472 e. The first-order valence-corrected chi connectivity index (χ1v) is 49.0. The predicted molar refractivity (Wildman–Crippen MR) is 500 cm³/mol. The quantitative estimate of drug-likeness (QED) is 0.0146. The highest BCUT2D eigenvalue weighted by Crippen LogP contribution is 2.45. The van der Waals surface area contributed by atoms with Gasteiger partial charge in [0.25, 0.3) is 0 Å². The maximum absolute atomic E-state index is 13.1. The summed E-state index contributed by atoms with van der Waals surface area (Å²) in [6, 6.07) is 0. The number of ether oxygens (including phenoxy) is 3. The molecule has 0 fully saturated rings. The molecule has 5 unspecified atom stereocenters. The Labute approximate surface area is 723 Å². The molecule has 0 amide bonds. The van der Waals surface area contributed by atoms with Crippen LogP contribution >= 0.6 is 15.6 Å². The Balaban J connectivity index is 4.62. The maximum Gasteiger partial charge on any atom is 0.472 e. The molecule has 0 saturated carbocycles. The van der Waals surface area contributed by atoms with Crippen molar-refractivity contribution < 1.29 is 75.8 Å². The second kappa shape index (κ2) is 91.1. The fourth-order valence-corrected chi connectivity index (χ4v) is 13.4. The predicted octanol–water partition coefficient (Wildman–Crippen LogP) is 28.5. The zero-order valence-corrected chi connectivity index (χ0v) is 76.0. The highest BCUT2D eigenvalue weighted by molar-refractivity contribution is 7.47. The summed E-state index contributed by atoms with van der Waals surface area (Å²) in [5.41, 5.74) is 0. The monoisotopic (exact) mass is 1700 g/mol. The van der Waals surface area contributed by atoms with Gasteiger partial charge < -0.3 is 34.2 Å². The van der Waals surface area contributed by atoms with Crippen molar-refractivity contribution in [2.75, 3.05) is 39.6 Å². The number of rotatable bonds is 85. The molecule has 0 heterocycles. The van der Waals surface area contributed by atoms with Crippen LogP contribution in [0.25, 0.3) is 0 Å². The molecule has 0 bridgehead atoms. The van der Waals surface area contributed by atoms with Crippen molar-refractivity contribution in [3.05, 3.63) is 219 Å². The van der Waals surface area contributed by atoms with Gasteiger partial charge in [-0.25, -0.2) is 9.13 Å². The molecule has 674 valence electrons. The van der Waals surface area contributed by atoms with Gasteiger partial charge in [-0.1, -0.05) is 368 Å². The van der Waals surface area contributed by atoms with Crippen molar-refractivity contribution in [1.82, 2.24) is 0 Å². The Morgan fingerprint density at radius 2 is 0.420 bits per heavy atom. The third kappa shape index (κ3) is 92.4. The highest BCUT2D eigenvalue weighted by atomic mass is 31.2. The van der Waals surface area contributed by atoms with Crippen LogP contribution in [0.3, 0.4) is 0 Å². The molecule has 5 atom stereocenters. The molecule has 0 radical (unpaired) electrons. The van der Waals surface area contributed by atoms with E-state index in [9.17, 15) is 43.5 Å². The van der Waals surface area contributed by atoms with E-state index in [2.05, 4.69) is 240 Å². The van der Waals surface area contributed by atoms with Gasteiger partial charge in [-0.3, -0.25) is 32.5 Å². The number of hydrogen-bond acceptors (Lipinski definition) is 14. The summed E-state index contributed by atoms with van der Waals surface area (Å²) in [7, 11) is -9.84. The van der Waals surface area contributed by atoms with Crippen LogP contribution in [0.4, 0.5) is 0 Å². The minimum Gasteiger partial charge on any atom is -0.463 e. The smallest absolute Gasteiger partial charge is 0.463 e. The van der Waals surface area contributed by atoms with Crippen LogP contribution < -0.4 is 0 Å². The van der Waals surface area contributed by atoms with Gasteiger partial charge in [0.05, 0.1) is 26.4 Å². The molecule has 18 heteroatoms. The number of allylic oxidation sites excluding steroid dienone is 36. The summed E-state index contributed by atoms with van der Waals surface area (Å²) >= 11 is 0. The van der Waals surface area contributed by atoms with Crippen molar-refractivity contribution in [1.29, 1.82) is 0 Å². The molecule has 0 aliphatic rings. The van der Waals surface area contributed by atoms with E-state index in [-0.39, 0.29) is 19.3 Å². The van der Waals surface area contributed by atoms with E-state index < -0.39 is 91.5 Å². The molecule has 0 aromatic heterocycles. The third-order valence-electron chi connectivity index (χ3n) is 18.7. The third-order valence-corrected chi connectivity index (χ3v) is 20.6. The minimum absolute atomic E-state index is 0.0624. The van der Waals surface area contributed by atoms with E-state index in [1.165, 1.54) is 83.5 Å². The van der Waals surface area contributed by atoms with Gasteiger partial charge in [0.15, 0.2) is 6.10 Å². The summed E-state index contributed by atoms with van der Waals surface area (Å²) in [6.07, 6.45) is 124.